The summed E-state index contributed by atoms with van der Waals surface area (Å²) in [4.78, 5) is 23.7. The van der Waals surface area contributed by atoms with Crippen molar-refractivity contribution in [2.24, 2.45) is 10.9 Å². The topological polar surface area (TPSA) is 67.2 Å². The summed E-state index contributed by atoms with van der Waals surface area (Å²) in [5.74, 6) is 0.679. The highest BCUT2D eigenvalue weighted by atomic mass is 35.5. The highest BCUT2D eigenvalue weighted by Crippen LogP contribution is 2.31. The lowest BCUT2D eigenvalue weighted by Gasteiger charge is -2.05. The van der Waals surface area contributed by atoms with Crippen molar-refractivity contribution in [2.45, 2.75) is 33.1 Å². The average molecular weight is 405 g/mol. The number of aliphatic imine (C=N–C) groups is 1. The van der Waals surface area contributed by atoms with Crippen molar-refractivity contribution < 1.29 is 4.79 Å². The van der Waals surface area contributed by atoms with Crippen LogP contribution in [0.25, 0.3) is 10.8 Å². The van der Waals surface area contributed by atoms with E-state index in [2.05, 4.69) is 27.2 Å². The fourth-order valence-corrected chi connectivity index (χ4v) is 2.57. The van der Waals surface area contributed by atoms with Crippen LogP contribution in [-0.4, -0.2) is 22.1 Å². The molecule has 0 atom stereocenters. The lowest BCUT2D eigenvalue weighted by Crippen LogP contribution is -2.14. The van der Waals surface area contributed by atoms with Crippen LogP contribution in [0.2, 0.25) is 10.3 Å². The van der Waals surface area contributed by atoms with Crippen molar-refractivity contribution in [1.82, 2.24) is 9.97 Å². The molecule has 27 heavy (non-hydrogen) atoms. The van der Waals surface area contributed by atoms with E-state index < -0.39 is 0 Å². The van der Waals surface area contributed by atoms with E-state index in [1.54, 1.807) is 30.7 Å². The quantitative estimate of drug-likeness (QED) is 0.502. The normalized spacial score (nSPS) is 14.1. The Bertz CT molecular complexity index is 874. The zero-order chi connectivity index (χ0) is 19.6. The number of anilines is 1. The van der Waals surface area contributed by atoms with Gasteiger partial charge in [-0.25, -0.2) is 9.97 Å². The maximum Gasteiger partial charge on any atom is 0.228 e. The lowest BCUT2D eigenvalue weighted by molar-refractivity contribution is -0.117. The molecular weight excluding hydrogens is 383 g/mol. The fourth-order valence-electron chi connectivity index (χ4n) is 2.07. The average Bonchev–Trinajstić information content (AvgIpc) is 3.47. The maximum atomic E-state index is 11.6. The monoisotopic (exact) mass is 404 g/mol. The van der Waals surface area contributed by atoms with Gasteiger partial charge in [0, 0.05) is 29.9 Å². The van der Waals surface area contributed by atoms with Gasteiger partial charge in [0.1, 0.15) is 16.1 Å². The van der Waals surface area contributed by atoms with E-state index in [1.807, 2.05) is 25.2 Å². The van der Waals surface area contributed by atoms with E-state index in [-0.39, 0.29) is 11.8 Å². The van der Waals surface area contributed by atoms with Gasteiger partial charge in [-0.2, -0.15) is 0 Å². The molecule has 142 valence electrons. The first-order chi connectivity index (χ1) is 13.0. The van der Waals surface area contributed by atoms with E-state index in [0.717, 1.165) is 24.6 Å². The predicted octanol–water partition coefficient (Wildman–Crippen LogP) is 5.84. The Hall–Kier alpha value is -2.24. The number of nitrogens with one attached hydrogen (secondary N) is 1. The number of carbonyl (C=O) groups is 1. The second-order valence-corrected chi connectivity index (χ2v) is 6.65. The molecule has 0 aromatic carbocycles. The maximum absolute atomic E-state index is 11.6. The molecule has 1 saturated carbocycles. The summed E-state index contributed by atoms with van der Waals surface area (Å²) in [5, 5.41) is 4.93. The Balaban J connectivity index is 0.000000249. The molecule has 0 saturated heterocycles. The molecule has 2 aromatic heterocycles. The molecule has 1 aliphatic rings. The fraction of sp³-hybridized carbons (Fsp3) is 0.300. The first kappa shape index (κ1) is 21.1. The minimum Gasteiger partial charge on any atom is -0.310 e. The number of allylic oxidation sites excluding steroid dienone is 3. The lowest BCUT2D eigenvalue weighted by atomic mass is 10.2. The number of aromatic nitrogens is 2. The van der Waals surface area contributed by atoms with Crippen molar-refractivity contribution in [2.75, 3.05) is 5.32 Å². The van der Waals surface area contributed by atoms with Crippen LogP contribution in [0, 0.1) is 5.92 Å². The number of rotatable bonds is 5. The number of carbonyl (C=O) groups excluding carboxylic acids is 1. The molecular formula is C20H22Cl2N4O. The van der Waals surface area contributed by atoms with Crippen LogP contribution in [0.4, 0.5) is 5.82 Å². The largest absolute Gasteiger partial charge is 0.310 e. The van der Waals surface area contributed by atoms with Crippen molar-refractivity contribution >= 4 is 51.9 Å². The van der Waals surface area contributed by atoms with Crippen molar-refractivity contribution in [1.29, 1.82) is 0 Å². The number of amides is 1. The van der Waals surface area contributed by atoms with Crippen LogP contribution >= 0.6 is 23.2 Å². The molecule has 2 aromatic rings. The van der Waals surface area contributed by atoms with Crippen LogP contribution in [-0.2, 0) is 4.79 Å². The first-order valence-corrected chi connectivity index (χ1v) is 9.52. The molecule has 1 N–H and O–H groups in total. The highest BCUT2D eigenvalue weighted by molar-refractivity contribution is 6.36. The van der Waals surface area contributed by atoms with Gasteiger partial charge >= 0.3 is 0 Å². The molecule has 0 radical (unpaired) electrons. The molecule has 1 amide bonds. The Morgan fingerprint density at radius 1 is 1.37 bits per heavy atom. The zero-order valence-corrected chi connectivity index (χ0v) is 16.8. The van der Waals surface area contributed by atoms with Gasteiger partial charge in [0.2, 0.25) is 5.91 Å². The van der Waals surface area contributed by atoms with Crippen molar-refractivity contribution in [3.8, 4) is 0 Å². The second-order valence-electron chi connectivity index (χ2n) is 5.91. The Labute approximate surface area is 169 Å². The van der Waals surface area contributed by atoms with Crippen LogP contribution < -0.4 is 5.32 Å². The molecule has 5 nitrogen and oxygen atoms in total. The van der Waals surface area contributed by atoms with Crippen LogP contribution in [0.15, 0.2) is 47.7 Å². The molecule has 0 spiro atoms. The van der Waals surface area contributed by atoms with E-state index in [4.69, 9.17) is 23.2 Å². The third kappa shape index (κ3) is 7.12. The van der Waals surface area contributed by atoms with E-state index in [0.29, 0.717) is 21.5 Å². The van der Waals surface area contributed by atoms with Crippen LogP contribution in [0.1, 0.15) is 33.1 Å². The summed E-state index contributed by atoms with van der Waals surface area (Å²) in [6.45, 7) is 4.05. The summed E-state index contributed by atoms with van der Waals surface area (Å²) in [5.41, 5.74) is 0. The van der Waals surface area contributed by atoms with Gasteiger partial charge < -0.3 is 5.32 Å². The van der Waals surface area contributed by atoms with Crippen LogP contribution in [0.5, 0.6) is 0 Å². The number of halogens is 2. The molecule has 1 fully saturated rings. The number of pyridine rings is 2. The summed E-state index contributed by atoms with van der Waals surface area (Å²) in [7, 11) is 0. The Morgan fingerprint density at radius 3 is 2.81 bits per heavy atom. The van der Waals surface area contributed by atoms with Crippen molar-refractivity contribution in [3.63, 3.8) is 0 Å². The summed E-state index contributed by atoms with van der Waals surface area (Å²) in [6, 6.07) is 3.44. The van der Waals surface area contributed by atoms with Crippen LogP contribution in [0.3, 0.4) is 0 Å². The SMILES string of the molecule is C\C=C/C=N/C=C/CC.O=C(Nc1cc2cc(Cl)nc(Cl)c2cn1)C1CC1. The summed E-state index contributed by atoms with van der Waals surface area (Å²) < 4.78 is 0. The number of hydrogen-bond acceptors (Lipinski definition) is 4. The molecule has 0 unspecified atom stereocenters. The highest BCUT2D eigenvalue weighted by Gasteiger charge is 2.29. The minimum atomic E-state index is 0.0214. The summed E-state index contributed by atoms with van der Waals surface area (Å²) in [6.07, 6.45) is 14.0. The zero-order valence-electron chi connectivity index (χ0n) is 15.3. The van der Waals surface area contributed by atoms with Gasteiger partial charge in [-0.1, -0.05) is 42.3 Å². The molecule has 0 aliphatic heterocycles. The van der Waals surface area contributed by atoms with E-state index >= 15 is 0 Å². The third-order valence-corrected chi connectivity index (χ3v) is 4.11. The molecule has 3 rings (SSSR count). The Kier molecular flexibility index (Phi) is 8.43. The molecule has 2 heterocycles. The van der Waals surface area contributed by atoms with E-state index in [9.17, 15) is 4.79 Å². The van der Waals surface area contributed by atoms with Gasteiger partial charge in [-0.15, -0.1) is 0 Å². The van der Waals surface area contributed by atoms with Gasteiger partial charge in [0.15, 0.2) is 0 Å². The minimum absolute atomic E-state index is 0.0214. The summed E-state index contributed by atoms with van der Waals surface area (Å²) >= 11 is 11.8. The van der Waals surface area contributed by atoms with Gasteiger partial charge in [-0.3, -0.25) is 9.79 Å². The number of hydrogen-bond donors (Lipinski definition) is 1. The number of fused-ring (bicyclic) bond motifs is 1. The van der Waals surface area contributed by atoms with Gasteiger partial charge in [0.25, 0.3) is 0 Å². The third-order valence-electron chi connectivity index (χ3n) is 3.63. The van der Waals surface area contributed by atoms with Gasteiger partial charge in [-0.05, 0) is 49.8 Å². The second kappa shape index (κ2) is 10.8. The standard InChI is InChI=1S/C12H9Cl2N3O.C8H13N/c13-9-3-7-4-10(17-12(18)6-1-2-6)15-5-8(7)11(14)16-9;1-3-5-7-9-8-6-4-2/h3-6H,1-2H2,(H,15,17,18);3,5-8H,4H2,1-2H3/b;5-3-,8-6+,9-7+. The van der Waals surface area contributed by atoms with Crippen molar-refractivity contribution in [3.05, 3.63) is 53.1 Å². The van der Waals surface area contributed by atoms with E-state index in [1.165, 1.54) is 0 Å². The molecule has 1 aliphatic carbocycles. The molecule has 0 bridgehead atoms. The van der Waals surface area contributed by atoms with Gasteiger partial charge in [0.05, 0.1) is 0 Å². The Morgan fingerprint density at radius 2 is 2.15 bits per heavy atom. The number of nitrogens with zero attached hydrogens (tertiary/aromatic N) is 3. The molecule has 7 heteroatoms. The first-order valence-electron chi connectivity index (χ1n) is 8.77. The smallest absolute Gasteiger partial charge is 0.228 e. The predicted molar refractivity (Wildman–Crippen MR) is 114 cm³/mol.